The molecule has 5 nitrogen and oxygen atoms in total. The second-order valence-electron chi connectivity index (χ2n) is 6.51. The summed E-state index contributed by atoms with van der Waals surface area (Å²) >= 11 is 0. The van der Waals surface area contributed by atoms with Crippen LogP contribution in [0.25, 0.3) is 0 Å². The van der Waals surface area contributed by atoms with E-state index in [0.717, 1.165) is 23.2 Å². The van der Waals surface area contributed by atoms with Gasteiger partial charge in [0.05, 0.1) is 5.56 Å². The highest BCUT2D eigenvalue weighted by molar-refractivity contribution is 6.01. The molecule has 0 saturated carbocycles. The van der Waals surface area contributed by atoms with Crippen LogP contribution in [0.15, 0.2) is 42.5 Å². The van der Waals surface area contributed by atoms with Crippen molar-refractivity contribution >= 4 is 23.3 Å². The first kappa shape index (κ1) is 17.9. The Kier molecular flexibility index (Phi) is 5.16. The largest absolute Gasteiger partial charge is 0.454 e. The zero-order chi connectivity index (χ0) is 18.7. The fraction of sp³-hybridized carbons (Fsp3) is 0.286. The number of nitrogens with zero attached hydrogens (tertiary/aromatic N) is 1. The van der Waals surface area contributed by atoms with E-state index in [4.69, 9.17) is 4.74 Å². The quantitative estimate of drug-likeness (QED) is 0.611. The van der Waals surface area contributed by atoms with Gasteiger partial charge in [0.15, 0.2) is 6.61 Å². The van der Waals surface area contributed by atoms with Crippen LogP contribution in [0.4, 0.5) is 5.69 Å². The molecule has 1 aliphatic heterocycles. The molecule has 3 rings (SSSR count). The van der Waals surface area contributed by atoms with Crippen molar-refractivity contribution in [2.75, 3.05) is 18.1 Å². The van der Waals surface area contributed by atoms with Gasteiger partial charge in [-0.15, -0.1) is 0 Å². The van der Waals surface area contributed by atoms with E-state index in [1.54, 1.807) is 35.2 Å². The normalized spacial score (nSPS) is 13.8. The number of ether oxygens (including phenoxy) is 1. The Balaban J connectivity index is 1.62. The van der Waals surface area contributed by atoms with E-state index in [1.165, 1.54) is 0 Å². The predicted octanol–water partition coefficient (Wildman–Crippen LogP) is 3.47. The fourth-order valence-electron chi connectivity index (χ4n) is 3.03. The molecule has 1 amide bonds. The van der Waals surface area contributed by atoms with E-state index in [-0.39, 0.29) is 18.3 Å². The number of Topliss-reactive ketones (excluding diaryl/α,β-unsaturated/α-hetero) is 1. The minimum Gasteiger partial charge on any atom is -0.454 e. The second-order valence-corrected chi connectivity index (χ2v) is 6.51. The second kappa shape index (κ2) is 7.52. The molecule has 0 atom stereocenters. The highest BCUT2D eigenvalue weighted by Crippen LogP contribution is 2.22. The Morgan fingerprint density at radius 1 is 1.08 bits per heavy atom. The molecule has 2 aromatic carbocycles. The minimum absolute atomic E-state index is 0.0967. The summed E-state index contributed by atoms with van der Waals surface area (Å²) < 4.78 is 5.16. The van der Waals surface area contributed by atoms with Gasteiger partial charge in [0.25, 0.3) is 0 Å². The van der Waals surface area contributed by atoms with E-state index >= 15 is 0 Å². The number of anilines is 1. The van der Waals surface area contributed by atoms with Gasteiger partial charge in [-0.3, -0.25) is 9.59 Å². The third kappa shape index (κ3) is 3.82. The van der Waals surface area contributed by atoms with E-state index in [9.17, 15) is 14.4 Å². The standard InChI is InChI=1S/C21H21NO4/c1-14-5-6-15(2)18(12-14)19(23)13-26-21(25)16-7-9-17(10-8-16)22-11-3-4-20(22)24/h5-10,12H,3-4,11,13H2,1-2H3. The van der Waals surface area contributed by atoms with Crippen molar-refractivity contribution in [1.29, 1.82) is 0 Å². The van der Waals surface area contributed by atoms with Gasteiger partial charge in [0.1, 0.15) is 0 Å². The molecule has 2 aromatic rings. The van der Waals surface area contributed by atoms with Crippen molar-refractivity contribution in [1.82, 2.24) is 0 Å². The summed E-state index contributed by atoms with van der Waals surface area (Å²) in [4.78, 5) is 37.9. The Morgan fingerprint density at radius 3 is 2.46 bits per heavy atom. The molecule has 134 valence electrons. The summed E-state index contributed by atoms with van der Waals surface area (Å²) in [5, 5.41) is 0. The lowest BCUT2D eigenvalue weighted by molar-refractivity contribution is -0.117. The van der Waals surface area contributed by atoms with Gasteiger partial charge in [0, 0.05) is 24.2 Å². The third-order valence-electron chi connectivity index (χ3n) is 4.52. The zero-order valence-corrected chi connectivity index (χ0v) is 15.0. The molecular weight excluding hydrogens is 330 g/mol. The topological polar surface area (TPSA) is 63.7 Å². The van der Waals surface area contributed by atoms with Crippen LogP contribution in [0.2, 0.25) is 0 Å². The molecule has 1 saturated heterocycles. The summed E-state index contributed by atoms with van der Waals surface area (Å²) in [5.41, 5.74) is 3.54. The molecule has 0 bridgehead atoms. The maximum atomic E-state index is 12.3. The maximum Gasteiger partial charge on any atom is 0.338 e. The van der Waals surface area contributed by atoms with Gasteiger partial charge in [-0.1, -0.05) is 17.7 Å². The Labute approximate surface area is 152 Å². The number of amides is 1. The molecule has 0 unspecified atom stereocenters. The molecule has 26 heavy (non-hydrogen) atoms. The minimum atomic E-state index is -0.553. The van der Waals surface area contributed by atoms with Gasteiger partial charge in [-0.25, -0.2) is 4.79 Å². The van der Waals surface area contributed by atoms with Gasteiger partial charge < -0.3 is 9.64 Å². The van der Waals surface area contributed by atoms with Gasteiger partial charge in [-0.2, -0.15) is 0 Å². The van der Waals surface area contributed by atoms with Crippen LogP contribution in [0.5, 0.6) is 0 Å². The lowest BCUT2D eigenvalue weighted by atomic mass is 10.0. The van der Waals surface area contributed by atoms with Crippen molar-refractivity contribution in [2.24, 2.45) is 0 Å². The van der Waals surface area contributed by atoms with Crippen molar-refractivity contribution in [3.05, 3.63) is 64.7 Å². The number of hydrogen-bond donors (Lipinski definition) is 0. The molecule has 0 aromatic heterocycles. The van der Waals surface area contributed by atoms with E-state index in [0.29, 0.717) is 24.1 Å². The van der Waals surface area contributed by atoms with Crippen LogP contribution < -0.4 is 4.90 Å². The Hall–Kier alpha value is -2.95. The van der Waals surface area contributed by atoms with Crippen molar-refractivity contribution in [3.8, 4) is 0 Å². The third-order valence-corrected chi connectivity index (χ3v) is 4.52. The number of carbonyl (C=O) groups excluding carboxylic acids is 3. The molecule has 0 radical (unpaired) electrons. The van der Waals surface area contributed by atoms with Crippen LogP contribution in [0.1, 0.15) is 44.7 Å². The number of rotatable bonds is 5. The van der Waals surface area contributed by atoms with E-state index in [2.05, 4.69) is 0 Å². The van der Waals surface area contributed by atoms with E-state index < -0.39 is 5.97 Å². The SMILES string of the molecule is Cc1ccc(C)c(C(=O)COC(=O)c2ccc(N3CCCC3=O)cc2)c1. The highest BCUT2D eigenvalue weighted by atomic mass is 16.5. The smallest absolute Gasteiger partial charge is 0.338 e. The van der Waals surface area contributed by atoms with Crippen molar-refractivity contribution < 1.29 is 19.1 Å². The average molecular weight is 351 g/mol. The summed E-state index contributed by atoms with van der Waals surface area (Å²) in [6.07, 6.45) is 1.41. The first-order chi connectivity index (χ1) is 12.5. The van der Waals surface area contributed by atoms with Crippen LogP contribution >= 0.6 is 0 Å². The van der Waals surface area contributed by atoms with Gasteiger partial charge in [-0.05, 0) is 56.2 Å². The first-order valence-electron chi connectivity index (χ1n) is 8.64. The monoisotopic (exact) mass is 351 g/mol. The lowest BCUT2D eigenvalue weighted by Crippen LogP contribution is -2.23. The number of hydrogen-bond acceptors (Lipinski definition) is 4. The Bertz CT molecular complexity index is 855. The predicted molar refractivity (Wildman–Crippen MR) is 98.6 cm³/mol. The zero-order valence-electron chi connectivity index (χ0n) is 15.0. The summed E-state index contributed by atoms with van der Waals surface area (Å²) in [5.74, 6) is -0.679. The summed E-state index contributed by atoms with van der Waals surface area (Å²) in [6, 6.07) is 12.3. The molecule has 1 heterocycles. The van der Waals surface area contributed by atoms with E-state index in [1.807, 2.05) is 26.0 Å². The molecule has 1 fully saturated rings. The van der Waals surface area contributed by atoms with Crippen LogP contribution in [-0.2, 0) is 9.53 Å². The first-order valence-corrected chi connectivity index (χ1v) is 8.64. The number of benzene rings is 2. The molecule has 0 N–H and O–H groups in total. The maximum absolute atomic E-state index is 12.3. The van der Waals surface area contributed by atoms with Crippen LogP contribution in [-0.4, -0.2) is 30.8 Å². The number of esters is 1. The van der Waals surface area contributed by atoms with Crippen LogP contribution in [0, 0.1) is 13.8 Å². The van der Waals surface area contributed by atoms with Gasteiger partial charge in [0.2, 0.25) is 11.7 Å². The Morgan fingerprint density at radius 2 is 1.81 bits per heavy atom. The summed E-state index contributed by atoms with van der Waals surface area (Å²) in [7, 11) is 0. The van der Waals surface area contributed by atoms with Crippen LogP contribution in [0.3, 0.4) is 0 Å². The number of carbonyl (C=O) groups is 3. The fourth-order valence-corrected chi connectivity index (χ4v) is 3.03. The number of ketones is 1. The van der Waals surface area contributed by atoms with Gasteiger partial charge >= 0.3 is 5.97 Å². The molecule has 1 aliphatic rings. The molecule has 0 aliphatic carbocycles. The summed E-state index contributed by atoms with van der Waals surface area (Å²) in [6.45, 7) is 4.17. The average Bonchev–Trinajstić information content (AvgIpc) is 3.07. The lowest BCUT2D eigenvalue weighted by Gasteiger charge is -2.15. The van der Waals surface area contributed by atoms with Crippen molar-refractivity contribution in [2.45, 2.75) is 26.7 Å². The highest BCUT2D eigenvalue weighted by Gasteiger charge is 2.22. The molecule has 0 spiro atoms. The number of aryl methyl sites for hydroxylation is 2. The van der Waals surface area contributed by atoms with Crippen molar-refractivity contribution in [3.63, 3.8) is 0 Å². The molecular formula is C21H21NO4. The molecule has 5 heteroatoms.